The van der Waals surface area contributed by atoms with Gasteiger partial charge in [0.1, 0.15) is 0 Å². The maximum atomic E-state index is 5.66. The van der Waals surface area contributed by atoms with E-state index in [2.05, 4.69) is 24.3 Å². The molecule has 0 saturated carbocycles. The number of thioether (sulfide) groups is 2. The summed E-state index contributed by atoms with van der Waals surface area (Å²) in [6, 6.07) is 16.1. The van der Waals surface area contributed by atoms with Gasteiger partial charge in [-0.2, -0.15) is 0 Å². The zero-order valence-electron chi connectivity index (χ0n) is 10.7. The number of anilines is 2. The van der Waals surface area contributed by atoms with Gasteiger partial charge in [0.25, 0.3) is 0 Å². The average molecular weight is 290 g/mol. The molecule has 0 bridgehead atoms. The van der Waals surface area contributed by atoms with Crippen molar-refractivity contribution in [2.45, 2.75) is 16.2 Å². The van der Waals surface area contributed by atoms with Gasteiger partial charge in [0, 0.05) is 21.2 Å². The highest BCUT2D eigenvalue weighted by atomic mass is 32.2. The highest BCUT2D eigenvalue weighted by molar-refractivity contribution is 8.00. The minimum Gasteiger partial charge on any atom is -0.399 e. The van der Waals surface area contributed by atoms with Crippen LogP contribution in [-0.4, -0.2) is 11.5 Å². The van der Waals surface area contributed by atoms with E-state index in [-0.39, 0.29) is 0 Å². The quantitative estimate of drug-likeness (QED) is 0.477. The summed E-state index contributed by atoms with van der Waals surface area (Å²) in [5, 5.41) is 0. The maximum Gasteiger partial charge on any atom is 0.0314 e. The van der Waals surface area contributed by atoms with Crippen molar-refractivity contribution >= 4 is 34.9 Å². The van der Waals surface area contributed by atoms with E-state index in [0.29, 0.717) is 0 Å². The number of hydrogen-bond donors (Lipinski definition) is 2. The molecule has 0 atom stereocenters. The Morgan fingerprint density at radius 1 is 0.632 bits per heavy atom. The lowest BCUT2D eigenvalue weighted by Gasteiger charge is -2.03. The number of benzene rings is 2. The summed E-state index contributed by atoms with van der Waals surface area (Å²) >= 11 is 3.76. The van der Waals surface area contributed by atoms with E-state index in [4.69, 9.17) is 11.5 Å². The molecule has 19 heavy (non-hydrogen) atoms. The van der Waals surface area contributed by atoms with Gasteiger partial charge in [0.05, 0.1) is 0 Å². The first-order chi connectivity index (χ1) is 9.24. The molecule has 0 aliphatic heterocycles. The maximum absolute atomic E-state index is 5.66. The van der Waals surface area contributed by atoms with Crippen LogP contribution in [0.1, 0.15) is 6.42 Å². The zero-order chi connectivity index (χ0) is 13.5. The van der Waals surface area contributed by atoms with Crippen LogP contribution in [0.15, 0.2) is 58.3 Å². The third-order valence-electron chi connectivity index (χ3n) is 2.59. The summed E-state index contributed by atoms with van der Waals surface area (Å²) < 4.78 is 0. The van der Waals surface area contributed by atoms with Crippen LogP contribution in [-0.2, 0) is 0 Å². The SMILES string of the molecule is Nc1ccc(SCCCSc2ccc(N)cc2)cc1. The molecule has 0 aliphatic carbocycles. The van der Waals surface area contributed by atoms with Crippen LogP contribution in [0.5, 0.6) is 0 Å². The summed E-state index contributed by atoms with van der Waals surface area (Å²) in [7, 11) is 0. The molecule has 0 amide bonds. The van der Waals surface area contributed by atoms with Crippen molar-refractivity contribution in [1.82, 2.24) is 0 Å². The van der Waals surface area contributed by atoms with Crippen molar-refractivity contribution in [2.24, 2.45) is 0 Å². The summed E-state index contributed by atoms with van der Waals surface area (Å²) in [6.07, 6.45) is 1.18. The lowest BCUT2D eigenvalue weighted by molar-refractivity contribution is 1.12. The van der Waals surface area contributed by atoms with Crippen molar-refractivity contribution in [3.63, 3.8) is 0 Å². The van der Waals surface area contributed by atoms with E-state index >= 15 is 0 Å². The lowest BCUT2D eigenvalue weighted by Crippen LogP contribution is -1.87. The van der Waals surface area contributed by atoms with Gasteiger partial charge in [-0.1, -0.05) is 0 Å². The zero-order valence-corrected chi connectivity index (χ0v) is 12.3. The molecule has 2 aromatic rings. The molecule has 4 N–H and O–H groups in total. The monoisotopic (exact) mass is 290 g/mol. The van der Waals surface area contributed by atoms with Crippen LogP contribution in [0.3, 0.4) is 0 Å². The van der Waals surface area contributed by atoms with Gasteiger partial charge in [-0.3, -0.25) is 0 Å². The predicted molar refractivity (Wildman–Crippen MR) is 87.8 cm³/mol. The van der Waals surface area contributed by atoms with Crippen molar-refractivity contribution in [3.8, 4) is 0 Å². The third kappa shape index (κ3) is 5.09. The second-order valence-corrected chi connectivity index (χ2v) is 6.53. The van der Waals surface area contributed by atoms with Gasteiger partial charge in [-0.05, 0) is 66.5 Å². The van der Waals surface area contributed by atoms with Crippen LogP contribution < -0.4 is 11.5 Å². The molecule has 0 fully saturated rings. The van der Waals surface area contributed by atoms with E-state index in [1.807, 2.05) is 47.8 Å². The molecule has 0 saturated heterocycles. The fourth-order valence-corrected chi connectivity index (χ4v) is 3.46. The Labute approximate surface area is 123 Å². The second kappa shape index (κ2) is 7.36. The Hall–Kier alpha value is -1.26. The highest BCUT2D eigenvalue weighted by Crippen LogP contribution is 2.23. The molecule has 4 heteroatoms. The molecular weight excluding hydrogens is 272 g/mol. The first-order valence-electron chi connectivity index (χ1n) is 6.21. The van der Waals surface area contributed by atoms with Gasteiger partial charge in [0.2, 0.25) is 0 Å². The Kier molecular flexibility index (Phi) is 5.48. The second-order valence-electron chi connectivity index (χ2n) is 4.19. The van der Waals surface area contributed by atoms with Crippen molar-refractivity contribution in [1.29, 1.82) is 0 Å². The molecule has 0 aromatic heterocycles. The molecule has 2 rings (SSSR count). The Morgan fingerprint density at radius 2 is 1.00 bits per heavy atom. The van der Waals surface area contributed by atoms with Gasteiger partial charge in [-0.25, -0.2) is 0 Å². The smallest absolute Gasteiger partial charge is 0.0314 e. The third-order valence-corrected chi connectivity index (χ3v) is 4.78. The minimum atomic E-state index is 0.822. The van der Waals surface area contributed by atoms with Crippen molar-refractivity contribution < 1.29 is 0 Å². The average Bonchev–Trinajstić information content (AvgIpc) is 2.43. The van der Waals surface area contributed by atoms with Crippen molar-refractivity contribution in [2.75, 3.05) is 23.0 Å². The number of nitrogens with two attached hydrogens (primary N) is 2. The van der Waals surface area contributed by atoms with E-state index in [1.165, 1.54) is 16.2 Å². The number of rotatable bonds is 6. The highest BCUT2D eigenvalue weighted by Gasteiger charge is 1.96. The van der Waals surface area contributed by atoms with Gasteiger partial charge < -0.3 is 11.5 Å². The van der Waals surface area contributed by atoms with Gasteiger partial charge in [0.15, 0.2) is 0 Å². The fraction of sp³-hybridized carbons (Fsp3) is 0.200. The largest absolute Gasteiger partial charge is 0.399 e. The standard InChI is InChI=1S/C15H18N2S2/c16-12-2-6-14(7-3-12)18-10-1-11-19-15-8-4-13(17)5-9-15/h2-9H,1,10-11,16-17H2. The molecule has 0 aliphatic rings. The fourth-order valence-electron chi connectivity index (χ4n) is 1.57. The molecule has 2 aromatic carbocycles. The Morgan fingerprint density at radius 3 is 1.37 bits per heavy atom. The topological polar surface area (TPSA) is 52.0 Å². The molecule has 0 spiro atoms. The lowest BCUT2D eigenvalue weighted by atomic mass is 10.3. The first kappa shape index (κ1) is 14.2. The predicted octanol–water partition coefficient (Wildman–Crippen LogP) is 4.13. The van der Waals surface area contributed by atoms with Crippen LogP contribution in [0, 0.1) is 0 Å². The normalized spacial score (nSPS) is 10.5. The van der Waals surface area contributed by atoms with Gasteiger partial charge >= 0.3 is 0 Å². The first-order valence-corrected chi connectivity index (χ1v) is 8.18. The van der Waals surface area contributed by atoms with Crippen LogP contribution in [0.2, 0.25) is 0 Å². The molecule has 0 heterocycles. The van der Waals surface area contributed by atoms with Crippen LogP contribution >= 0.6 is 23.5 Å². The Balaban J connectivity index is 1.64. The van der Waals surface area contributed by atoms with E-state index in [0.717, 1.165) is 22.9 Å². The summed E-state index contributed by atoms with van der Waals surface area (Å²) in [5.41, 5.74) is 13.0. The number of hydrogen-bond acceptors (Lipinski definition) is 4. The van der Waals surface area contributed by atoms with Crippen LogP contribution in [0.4, 0.5) is 11.4 Å². The van der Waals surface area contributed by atoms with Crippen LogP contribution in [0.25, 0.3) is 0 Å². The van der Waals surface area contributed by atoms with E-state index < -0.39 is 0 Å². The summed E-state index contributed by atoms with van der Waals surface area (Å²) in [4.78, 5) is 2.57. The minimum absolute atomic E-state index is 0.822. The number of nitrogen functional groups attached to an aromatic ring is 2. The Bertz CT molecular complexity index is 447. The summed E-state index contributed by atoms with van der Waals surface area (Å²) in [6.45, 7) is 0. The molecule has 0 unspecified atom stereocenters. The van der Waals surface area contributed by atoms with Gasteiger partial charge in [-0.15, -0.1) is 23.5 Å². The molecule has 0 radical (unpaired) electrons. The summed E-state index contributed by atoms with van der Waals surface area (Å²) in [5.74, 6) is 2.26. The molecular formula is C15H18N2S2. The van der Waals surface area contributed by atoms with Crippen molar-refractivity contribution in [3.05, 3.63) is 48.5 Å². The molecule has 100 valence electrons. The molecule has 2 nitrogen and oxygen atoms in total. The van der Waals surface area contributed by atoms with E-state index in [9.17, 15) is 0 Å². The van der Waals surface area contributed by atoms with E-state index in [1.54, 1.807) is 0 Å².